The minimum absolute atomic E-state index is 0.291. The van der Waals surface area contributed by atoms with Gasteiger partial charge in [0.15, 0.2) is 0 Å². The first-order valence-electron chi connectivity index (χ1n) is 6.31. The van der Waals surface area contributed by atoms with Gasteiger partial charge in [-0.3, -0.25) is 14.7 Å². The van der Waals surface area contributed by atoms with Gasteiger partial charge in [0, 0.05) is 24.7 Å². The van der Waals surface area contributed by atoms with E-state index in [-0.39, 0.29) is 0 Å². The number of carbonyl (C=O) groups excluding carboxylic acids is 1. The van der Waals surface area contributed by atoms with E-state index in [2.05, 4.69) is 16.0 Å². The SMILES string of the molecule is CC(=O)CC1CCCN1Cc1cccc(C)n1. The summed E-state index contributed by atoms with van der Waals surface area (Å²) in [6, 6.07) is 6.56. The molecule has 0 bridgehead atoms. The number of nitrogens with zero attached hydrogens (tertiary/aromatic N) is 2. The molecule has 1 aromatic heterocycles. The second-order valence-electron chi connectivity index (χ2n) is 4.94. The smallest absolute Gasteiger partial charge is 0.131 e. The van der Waals surface area contributed by atoms with E-state index in [1.165, 1.54) is 6.42 Å². The van der Waals surface area contributed by atoms with E-state index in [4.69, 9.17) is 0 Å². The highest BCUT2D eigenvalue weighted by Crippen LogP contribution is 2.22. The zero-order valence-corrected chi connectivity index (χ0v) is 10.6. The van der Waals surface area contributed by atoms with Gasteiger partial charge in [-0.25, -0.2) is 0 Å². The lowest BCUT2D eigenvalue weighted by molar-refractivity contribution is -0.118. The molecule has 1 aliphatic rings. The molecule has 0 aliphatic carbocycles. The summed E-state index contributed by atoms with van der Waals surface area (Å²) in [6.45, 7) is 5.66. The Hall–Kier alpha value is -1.22. The third-order valence-electron chi connectivity index (χ3n) is 3.33. The van der Waals surface area contributed by atoms with Crippen molar-refractivity contribution in [3.63, 3.8) is 0 Å². The van der Waals surface area contributed by atoms with Crippen LogP contribution in [0.2, 0.25) is 0 Å². The Balaban J connectivity index is 2.00. The summed E-state index contributed by atoms with van der Waals surface area (Å²) in [4.78, 5) is 18.1. The van der Waals surface area contributed by atoms with E-state index in [0.717, 1.165) is 30.9 Å². The van der Waals surface area contributed by atoms with Crippen molar-refractivity contribution in [2.45, 2.75) is 45.7 Å². The summed E-state index contributed by atoms with van der Waals surface area (Å²) in [5.41, 5.74) is 2.17. The zero-order valence-electron chi connectivity index (χ0n) is 10.6. The molecule has 0 saturated carbocycles. The van der Waals surface area contributed by atoms with Gasteiger partial charge in [-0.1, -0.05) is 6.07 Å². The van der Waals surface area contributed by atoms with Gasteiger partial charge in [-0.2, -0.15) is 0 Å². The van der Waals surface area contributed by atoms with Crippen molar-refractivity contribution in [3.05, 3.63) is 29.6 Å². The summed E-state index contributed by atoms with van der Waals surface area (Å²) in [5.74, 6) is 0.291. The quantitative estimate of drug-likeness (QED) is 0.799. The van der Waals surface area contributed by atoms with E-state index >= 15 is 0 Å². The molecule has 1 atom stereocenters. The van der Waals surface area contributed by atoms with Gasteiger partial charge in [0.25, 0.3) is 0 Å². The first kappa shape index (κ1) is 12.2. The number of aryl methyl sites for hydroxylation is 1. The lowest BCUT2D eigenvalue weighted by Gasteiger charge is -2.23. The summed E-state index contributed by atoms with van der Waals surface area (Å²) in [5, 5.41) is 0. The van der Waals surface area contributed by atoms with E-state index in [1.807, 2.05) is 19.1 Å². The molecule has 2 heterocycles. The fraction of sp³-hybridized carbons (Fsp3) is 0.571. The van der Waals surface area contributed by atoms with Crippen LogP contribution < -0.4 is 0 Å². The number of pyridine rings is 1. The molecule has 3 nitrogen and oxygen atoms in total. The van der Waals surface area contributed by atoms with E-state index in [0.29, 0.717) is 18.2 Å². The number of ketones is 1. The van der Waals surface area contributed by atoms with Crippen molar-refractivity contribution in [1.29, 1.82) is 0 Å². The Labute approximate surface area is 103 Å². The lowest BCUT2D eigenvalue weighted by atomic mass is 10.1. The molecule has 1 aliphatic heterocycles. The molecule has 1 fully saturated rings. The Kier molecular flexibility index (Phi) is 3.89. The van der Waals surface area contributed by atoms with Crippen molar-refractivity contribution in [2.75, 3.05) is 6.54 Å². The topological polar surface area (TPSA) is 33.2 Å². The number of hydrogen-bond acceptors (Lipinski definition) is 3. The van der Waals surface area contributed by atoms with Crippen LogP contribution in [0, 0.1) is 6.92 Å². The van der Waals surface area contributed by atoms with Gasteiger partial charge in [0.05, 0.1) is 5.69 Å². The fourth-order valence-electron chi connectivity index (χ4n) is 2.56. The Morgan fingerprint density at radius 3 is 3.06 bits per heavy atom. The van der Waals surface area contributed by atoms with Crippen LogP contribution in [-0.2, 0) is 11.3 Å². The van der Waals surface area contributed by atoms with Crippen LogP contribution >= 0.6 is 0 Å². The van der Waals surface area contributed by atoms with Gasteiger partial charge in [0.2, 0.25) is 0 Å². The molecule has 1 unspecified atom stereocenters. The predicted molar refractivity (Wildman–Crippen MR) is 67.7 cm³/mol. The van der Waals surface area contributed by atoms with Crippen molar-refractivity contribution in [3.8, 4) is 0 Å². The van der Waals surface area contributed by atoms with Gasteiger partial charge in [-0.15, -0.1) is 0 Å². The third-order valence-corrected chi connectivity index (χ3v) is 3.33. The summed E-state index contributed by atoms with van der Waals surface area (Å²) in [7, 11) is 0. The summed E-state index contributed by atoms with van der Waals surface area (Å²) >= 11 is 0. The van der Waals surface area contributed by atoms with Gasteiger partial charge in [-0.05, 0) is 45.4 Å². The maximum Gasteiger partial charge on any atom is 0.131 e. The van der Waals surface area contributed by atoms with Gasteiger partial charge in [0.1, 0.15) is 5.78 Å². The van der Waals surface area contributed by atoms with Crippen LogP contribution in [0.25, 0.3) is 0 Å². The van der Waals surface area contributed by atoms with Crippen LogP contribution in [0.15, 0.2) is 18.2 Å². The second-order valence-corrected chi connectivity index (χ2v) is 4.94. The number of Topliss-reactive ketones (excluding diaryl/α,β-unsaturated/α-hetero) is 1. The molecule has 0 amide bonds. The highest BCUT2D eigenvalue weighted by Gasteiger charge is 2.25. The van der Waals surface area contributed by atoms with Crippen molar-refractivity contribution in [1.82, 2.24) is 9.88 Å². The molecule has 1 aromatic rings. The van der Waals surface area contributed by atoms with Crippen molar-refractivity contribution >= 4 is 5.78 Å². The predicted octanol–water partition coefficient (Wildman–Crippen LogP) is 2.33. The molecule has 0 aromatic carbocycles. The number of hydrogen-bond donors (Lipinski definition) is 0. The van der Waals surface area contributed by atoms with Crippen LogP contribution in [-0.4, -0.2) is 28.3 Å². The fourth-order valence-corrected chi connectivity index (χ4v) is 2.56. The maximum absolute atomic E-state index is 11.2. The molecule has 3 heteroatoms. The molecule has 0 spiro atoms. The first-order valence-corrected chi connectivity index (χ1v) is 6.31. The molecule has 0 radical (unpaired) electrons. The second kappa shape index (κ2) is 5.41. The minimum Gasteiger partial charge on any atom is -0.300 e. The van der Waals surface area contributed by atoms with E-state index in [9.17, 15) is 4.79 Å². The van der Waals surface area contributed by atoms with E-state index < -0.39 is 0 Å². The summed E-state index contributed by atoms with van der Waals surface area (Å²) in [6.07, 6.45) is 3.03. The number of carbonyl (C=O) groups is 1. The molecule has 17 heavy (non-hydrogen) atoms. The maximum atomic E-state index is 11.2. The average molecular weight is 232 g/mol. The van der Waals surface area contributed by atoms with E-state index in [1.54, 1.807) is 6.92 Å². The third kappa shape index (κ3) is 3.37. The lowest BCUT2D eigenvalue weighted by Crippen LogP contribution is -2.30. The molecule has 2 rings (SSSR count). The highest BCUT2D eigenvalue weighted by atomic mass is 16.1. The van der Waals surface area contributed by atoms with Crippen molar-refractivity contribution in [2.24, 2.45) is 0 Å². The molecule has 1 saturated heterocycles. The van der Waals surface area contributed by atoms with Crippen molar-refractivity contribution < 1.29 is 4.79 Å². The molecule has 0 N–H and O–H groups in total. The highest BCUT2D eigenvalue weighted by molar-refractivity contribution is 5.76. The van der Waals surface area contributed by atoms with Crippen LogP contribution in [0.4, 0.5) is 0 Å². The number of aromatic nitrogens is 1. The monoisotopic (exact) mass is 232 g/mol. The van der Waals surface area contributed by atoms with Gasteiger partial charge >= 0.3 is 0 Å². The first-order chi connectivity index (χ1) is 8.15. The summed E-state index contributed by atoms with van der Waals surface area (Å²) < 4.78 is 0. The van der Waals surface area contributed by atoms with Crippen LogP contribution in [0.1, 0.15) is 37.6 Å². The Bertz CT molecular complexity index is 403. The Morgan fingerprint density at radius 1 is 1.53 bits per heavy atom. The number of likely N-dealkylation sites (tertiary alicyclic amines) is 1. The van der Waals surface area contributed by atoms with Gasteiger partial charge < -0.3 is 0 Å². The Morgan fingerprint density at radius 2 is 2.35 bits per heavy atom. The average Bonchev–Trinajstić information content (AvgIpc) is 2.65. The van der Waals surface area contributed by atoms with Crippen LogP contribution in [0.3, 0.4) is 0 Å². The standard InChI is InChI=1S/C14H20N2O/c1-11-5-3-6-13(15-11)10-16-8-4-7-14(16)9-12(2)17/h3,5-6,14H,4,7-10H2,1-2H3. The minimum atomic E-state index is 0.291. The molecule has 92 valence electrons. The number of rotatable bonds is 4. The van der Waals surface area contributed by atoms with Crippen LogP contribution in [0.5, 0.6) is 0 Å². The zero-order chi connectivity index (χ0) is 12.3. The molecular weight excluding hydrogens is 212 g/mol. The largest absolute Gasteiger partial charge is 0.300 e. The normalized spacial score (nSPS) is 20.7. The molecular formula is C14H20N2O.